The van der Waals surface area contributed by atoms with Crippen molar-refractivity contribution in [3.05, 3.63) is 0 Å². The molecule has 1 aliphatic carbocycles. The molecule has 3 amide bonds. The Labute approximate surface area is 148 Å². The third-order valence-electron chi connectivity index (χ3n) is 4.39. The molecule has 0 radical (unpaired) electrons. The molecule has 0 aromatic heterocycles. The van der Waals surface area contributed by atoms with E-state index in [9.17, 15) is 9.59 Å². The number of halogens is 3. The van der Waals surface area contributed by atoms with Crippen molar-refractivity contribution in [2.45, 2.75) is 37.6 Å². The van der Waals surface area contributed by atoms with E-state index in [-0.39, 0.29) is 24.3 Å². The molecule has 0 aromatic rings. The van der Waals surface area contributed by atoms with Crippen LogP contribution in [0.1, 0.15) is 32.1 Å². The first-order valence-corrected chi connectivity index (χ1v) is 8.68. The number of carbonyl (C=O) groups excluding carboxylic acids is 2. The highest BCUT2D eigenvalue weighted by Crippen LogP contribution is 2.33. The summed E-state index contributed by atoms with van der Waals surface area (Å²) in [4.78, 5) is 28.1. The number of nitrogens with one attached hydrogen (secondary N) is 1. The molecule has 1 heterocycles. The molecule has 2 fully saturated rings. The van der Waals surface area contributed by atoms with E-state index in [4.69, 9.17) is 23.2 Å². The predicted octanol–water partition coefficient (Wildman–Crippen LogP) is 2.44. The standard InChI is InChI=1S/C14H23Cl2N3O2.ClH/c15-6-8-18(9-7-16)10-11-19-12(20)14(17-13(19)21)4-2-1-3-5-14;/h1-11H2,(H,17,21);1H. The zero-order valence-corrected chi connectivity index (χ0v) is 15.0. The maximum absolute atomic E-state index is 12.6. The van der Waals surface area contributed by atoms with E-state index in [1.54, 1.807) is 0 Å². The van der Waals surface area contributed by atoms with Crippen LogP contribution in [0.5, 0.6) is 0 Å². The number of alkyl halides is 2. The maximum Gasteiger partial charge on any atom is 0.325 e. The van der Waals surface area contributed by atoms with E-state index >= 15 is 0 Å². The SMILES string of the molecule is Cl.O=C1NC2(CCCCC2)C(=O)N1CCN(CCCl)CCCl. The highest BCUT2D eigenvalue weighted by atomic mass is 35.5. The summed E-state index contributed by atoms with van der Waals surface area (Å²) in [6, 6.07) is -0.251. The van der Waals surface area contributed by atoms with Gasteiger partial charge in [0.05, 0.1) is 0 Å². The van der Waals surface area contributed by atoms with Gasteiger partial charge in [-0.1, -0.05) is 19.3 Å². The smallest absolute Gasteiger partial charge is 0.323 e. The second-order valence-electron chi connectivity index (χ2n) is 5.75. The highest BCUT2D eigenvalue weighted by Gasteiger charge is 2.50. The van der Waals surface area contributed by atoms with Gasteiger partial charge in [0.25, 0.3) is 5.91 Å². The van der Waals surface area contributed by atoms with Crippen molar-refractivity contribution in [2.75, 3.05) is 37.9 Å². The average molecular weight is 373 g/mol. The van der Waals surface area contributed by atoms with Crippen molar-refractivity contribution in [2.24, 2.45) is 0 Å². The highest BCUT2D eigenvalue weighted by molar-refractivity contribution is 6.18. The molecule has 1 N–H and O–H groups in total. The lowest BCUT2D eigenvalue weighted by Crippen LogP contribution is -2.48. The summed E-state index contributed by atoms with van der Waals surface area (Å²) in [5.74, 6) is 0.978. The molecule has 8 heteroatoms. The minimum atomic E-state index is -0.626. The van der Waals surface area contributed by atoms with Gasteiger partial charge in [0, 0.05) is 37.9 Å². The monoisotopic (exact) mass is 371 g/mol. The normalized spacial score (nSPS) is 20.4. The molecule has 5 nitrogen and oxygen atoms in total. The minimum absolute atomic E-state index is 0. The van der Waals surface area contributed by atoms with Gasteiger partial charge >= 0.3 is 6.03 Å². The van der Waals surface area contributed by atoms with Crippen molar-refractivity contribution >= 4 is 47.5 Å². The quantitative estimate of drug-likeness (QED) is 0.551. The summed E-state index contributed by atoms with van der Waals surface area (Å²) in [5, 5.41) is 2.92. The molecule has 2 rings (SSSR count). The Morgan fingerprint density at radius 2 is 1.64 bits per heavy atom. The van der Waals surface area contributed by atoms with Crippen LogP contribution in [0.2, 0.25) is 0 Å². The lowest BCUT2D eigenvalue weighted by Gasteiger charge is -2.30. The number of urea groups is 1. The fourth-order valence-electron chi connectivity index (χ4n) is 3.19. The van der Waals surface area contributed by atoms with Crippen LogP contribution in [0.25, 0.3) is 0 Å². The van der Waals surface area contributed by atoms with Crippen LogP contribution in [0.15, 0.2) is 0 Å². The summed E-state index contributed by atoms with van der Waals surface area (Å²) in [5.41, 5.74) is -0.626. The van der Waals surface area contributed by atoms with E-state index < -0.39 is 5.54 Å². The number of hydrogen-bond acceptors (Lipinski definition) is 3. The van der Waals surface area contributed by atoms with Crippen LogP contribution in [0.3, 0.4) is 0 Å². The first-order chi connectivity index (χ1) is 10.1. The Hall–Kier alpha value is -0.230. The molecule has 1 saturated carbocycles. The van der Waals surface area contributed by atoms with E-state index in [0.29, 0.717) is 37.9 Å². The summed E-state index contributed by atoms with van der Waals surface area (Å²) < 4.78 is 0. The van der Waals surface area contributed by atoms with Crippen LogP contribution in [0, 0.1) is 0 Å². The first kappa shape index (κ1) is 19.8. The Bertz CT molecular complexity index is 384. The van der Waals surface area contributed by atoms with Crippen LogP contribution < -0.4 is 5.32 Å². The Kier molecular flexibility index (Phi) is 8.25. The summed E-state index contributed by atoms with van der Waals surface area (Å²) >= 11 is 11.5. The van der Waals surface area contributed by atoms with Gasteiger partial charge in [0.1, 0.15) is 5.54 Å². The van der Waals surface area contributed by atoms with Crippen molar-refractivity contribution in [1.29, 1.82) is 0 Å². The number of hydrogen-bond donors (Lipinski definition) is 1. The Balaban J connectivity index is 0.00000242. The maximum atomic E-state index is 12.6. The topological polar surface area (TPSA) is 52.7 Å². The Morgan fingerprint density at radius 3 is 2.18 bits per heavy atom. The molecule has 0 aromatic carbocycles. The van der Waals surface area contributed by atoms with Gasteiger partial charge in [-0.25, -0.2) is 4.79 Å². The van der Waals surface area contributed by atoms with Crippen molar-refractivity contribution in [1.82, 2.24) is 15.1 Å². The summed E-state index contributed by atoms with van der Waals surface area (Å²) in [7, 11) is 0. The molecule has 1 saturated heterocycles. The molecule has 1 aliphatic heterocycles. The Morgan fingerprint density at radius 1 is 1.05 bits per heavy atom. The molecule has 0 unspecified atom stereocenters. The fraction of sp³-hybridized carbons (Fsp3) is 0.857. The number of rotatable bonds is 7. The lowest BCUT2D eigenvalue weighted by molar-refractivity contribution is -0.132. The number of nitrogens with zero attached hydrogens (tertiary/aromatic N) is 2. The van der Waals surface area contributed by atoms with Crippen molar-refractivity contribution in [3.63, 3.8) is 0 Å². The van der Waals surface area contributed by atoms with E-state index in [1.165, 1.54) is 4.90 Å². The van der Waals surface area contributed by atoms with E-state index in [0.717, 1.165) is 32.1 Å². The van der Waals surface area contributed by atoms with Crippen LogP contribution in [0.4, 0.5) is 4.79 Å². The third-order valence-corrected chi connectivity index (χ3v) is 4.73. The van der Waals surface area contributed by atoms with Gasteiger partial charge in [-0.15, -0.1) is 35.6 Å². The largest absolute Gasteiger partial charge is 0.325 e. The molecular weight excluding hydrogens is 349 g/mol. The van der Waals surface area contributed by atoms with Gasteiger partial charge in [-0.05, 0) is 12.8 Å². The van der Waals surface area contributed by atoms with Gasteiger partial charge in [-0.2, -0.15) is 0 Å². The van der Waals surface area contributed by atoms with E-state index in [1.807, 2.05) is 0 Å². The minimum Gasteiger partial charge on any atom is -0.323 e. The molecule has 128 valence electrons. The van der Waals surface area contributed by atoms with Gasteiger partial charge in [-0.3, -0.25) is 14.6 Å². The van der Waals surface area contributed by atoms with Crippen LogP contribution >= 0.6 is 35.6 Å². The summed E-state index contributed by atoms with van der Waals surface area (Å²) in [6.45, 7) is 2.45. The molecule has 0 bridgehead atoms. The molecule has 1 spiro atoms. The van der Waals surface area contributed by atoms with Crippen molar-refractivity contribution < 1.29 is 9.59 Å². The van der Waals surface area contributed by atoms with Gasteiger partial charge in [0.15, 0.2) is 0 Å². The number of carbonyl (C=O) groups is 2. The first-order valence-electron chi connectivity index (χ1n) is 7.61. The summed E-state index contributed by atoms with van der Waals surface area (Å²) in [6.07, 6.45) is 4.68. The van der Waals surface area contributed by atoms with Gasteiger partial charge < -0.3 is 5.32 Å². The second kappa shape index (κ2) is 9.16. The zero-order valence-electron chi connectivity index (χ0n) is 12.7. The third kappa shape index (κ3) is 4.40. The molecular formula is C14H24Cl3N3O2. The predicted molar refractivity (Wildman–Crippen MR) is 91.2 cm³/mol. The second-order valence-corrected chi connectivity index (χ2v) is 6.51. The number of amides is 3. The van der Waals surface area contributed by atoms with E-state index in [2.05, 4.69) is 10.2 Å². The fourth-order valence-corrected chi connectivity index (χ4v) is 3.67. The zero-order chi connectivity index (χ0) is 15.3. The van der Waals surface area contributed by atoms with Crippen LogP contribution in [-0.2, 0) is 4.79 Å². The van der Waals surface area contributed by atoms with Crippen LogP contribution in [-0.4, -0.2) is 65.2 Å². The molecule has 0 atom stereocenters. The van der Waals surface area contributed by atoms with Crippen molar-refractivity contribution in [3.8, 4) is 0 Å². The lowest BCUT2D eigenvalue weighted by atomic mass is 9.82. The average Bonchev–Trinajstić information content (AvgIpc) is 2.69. The molecule has 22 heavy (non-hydrogen) atoms. The number of imide groups is 1. The van der Waals surface area contributed by atoms with Gasteiger partial charge in [0.2, 0.25) is 0 Å². The molecule has 2 aliphatic rings.